The molecule has 2 heterocycles. The van der Waals surface area contributed by atoms with Gasteiger partial charge in [-0.2, -0.15) is 0 Å². The molecule has 14 heteroatoms. The zero-order valence-electron chi connectivity index (χ0n) is 30.2. The lowest BCUT2D eigenvalue weighted by molar-refractivity contribution is -0.139. The average Bonchev–Trinajstić information content (AvgIpc) is 3.08. The number of rotatable bonds is 12. The van der Waals surface area contributed by atoms with Gasteiger partial charge in [-0.25, -0.2) is 17.9 Å². The third kappa shape index (κ3) is 8.23. The molecule has 1 aliphatic heterocycles. The first kappa shape index (κ1) is 37.9. The summed E-state index contributed by atoms with van der Waals surface area (Å²) in [5.41, 5.74) is 2.39. The van der Waals surface area contributed by atoms with E-state index in [1.807, 2.05) is 57.2 Å². The molecule has 0 bridgehead atoms. The largest absolute Gasteiger partial charge is 0.497 e. The highest BCUT2D eigenvalue weighted by Gasteiger charge is 2.34. The molecule has 0 radical (unpaired) electrons. The molecule has 276 valence electrons. The summed E-state index contributed by atoms with van der Waals surface area (Å²) in [7, 11) is -2.54. The van der Waals surface area contributed by atoms with Crippen LogP contribution in [0.15, 0.2) is 64.4 Å². The maximum Gasteiger partial charge on any atom is 0.326 e. The molecule has 13 nitrogen and oxygen atoms in total. The number of benzene rings is 3. The fourth-order valence-electron chi connectivity index (χ4n) is 6.52. The first-order valence-electron chi connectivity index (χ1n) is 17.0. The van der Waals surface area contributed by atoms with E-state index in [2.05, 4.69) is 15.4 Å². The molecule has 0 aliphatic carbocycles. The molecule has 4 aromatic rings. The number of methoxy groups -OCH3 is 1. The van der Waals surface area contributed by atoms with Gasteiger partial charge in [-0.05, 0) is 129 Å². The number of carboxylic acids is 1. The minimum atomic E-state index is -4.14. The highest BCUT2D eigenvalue weighted by atomic mass is 32.2. The number of amides is 1. The summed E-state index contributed by atoms with van der Waals surface area (Å²) >= 11 is 0. The van der Waals surface area contributed by atoms with E-state index < -0.39 is 39.5 Å². The van der Waals surface area contributed by atoms with Crippen molar-refractivity contribution in [2.75, 3.05) is 13.7 Å². The van der Waals surface area contributed by atoms with Gasteiger partial charge in [0.1, 0.15) is 28.7 Å². The van der Waals surface area contributed by atoms with E-state index in [1.54, 1.807) is 33.2 Å². The Morgan fingerprint density at radius 2 is 1.77 bits per heavy atom. The number of guanidine groups is 1. The van der Waals surface area contributed by atoms with Crippen LogP contribution in [0.1, 0.15) is 71.3 Å². The Kier molecular flexibility index (Phi) is 11.0. The quantitative estimate of drug-likeness (QED) is 0.0791. The second kappa shape index (κ2) is 15.1. The number of aromatic nitrogens is 1. The van der Waals surface area contributed by atoms with Crippen LogP contribution in [-0.2, 0) is 27.8 Å². The van der Waals surface area contributed by atoms with Crippen LogP contribution in [0.25, 0.3) is 10.8 Å². The van der Waals surface area contributed by atoms with Crippen LogP contribution in [-0.4, -0.2) is 61.2 Å². The molecule has 1 atom stereocenters. The number of hydrogen-bond donors (Lipinski definition) is 5. The third-order valence-corrected chi connectivity index (χ3v) is 11.1. The molecule has 0 unspecified atom stereocenters. The van der Waals surface area contributed by atoms with Crippen molar-refractivity contribution in [3.05, 3.63) is 98.5 Å². The van der Waals surface area contributed by atoms with Crippen molar-refractivity contribution in [2.24, 2.45) is 0 Å². The highest BCUT2D eigenvalue weighted by Crippen LogP contribution is 2.42. The van der Waals surface area contributed by atoms with E-state index in [4.69, 9.17) is 14.9 Å². The number of ether oxygens (including phenoxy) is 2. The standard InChI is InChI=1S/C38H45N5O8S/c1-22-23(2)33(24(3)29-15-16-38(4,5)51-32(22)29)52(48,49)42-37(39)40-17-7-10-31(36(46)47)41-34(44)30-9-8-18-43(35(30)45)21-25-11-12-27-20-28(50-6)14-13-26(27)19-25/h8-9,11-14,18-20,31H,7,10,15-17,21H2,1-6H3,(H,41,44)(H,46,47)(H3,39,40,42)/t31-/m0/s1. The molecule has 5 N–H and O–H groups in total. The second-order valence-corrected chi connectivity index (χ2v) is 15.3. The lowest BCUT2D eigenvalue weighted by Gasteiger charge is -2.35. The molecule has 52 heavy (non-hydrogen) atoms. The van der Waals surface area contributed by atoms with Gasteiger partial charge in [0.25, 0.3) is 21.5 Å². The van der Waals surface area contributed by atoms with Crippen molar-refractivity contribution < 1.29 is 32.6 Å². The van der Waals surface area contributed by atoms with E-state index in [9.17, 15) is 27.9 Å². The van der Waals surface area contributed by atoms with E-state index in [-0.39, 0.29) is 42.0 Å². The molecule has 0 saturated heterocycles. The lowest BCUT2D eigenvalue weighted by atomic mass is 9.88. The zero-order valence-corrected chi connectivity index (χ0v) is 31.0. The average molecular weight is 732 g/mol. The SMILES string of the molecule is COc1ccc2cc(Cn3cccc(C(=O)N[C@@H](CCCNC(=N)NS(=O)(=O)c4c(C)c(C)c5c(c4C)CCC(C)(C)O5)C(=O)O)c3=O)ccc2c1. The molecular weight excluding hydrogens is 687 g/mol. The maximum absolute atomic E-state index is 13.5. The molecule has 0 fully saturated rings. The summed E-state index contributed by atoms with van der Waals surface area (Å²) in [6, 6.07) is 13.0. The fraction of sp³-hybridized carbons (Fsp3) is 0.368. The van der Waals surface area contributed by atoms with Crippen molar-refractivity contribution >= 4 is 38.6 Å². The molecule has 5 rings (SSSR count). The second-order valence-electron chi connectivity index (χ2n) is 13.7. The number of nitrogens with one attached hydrogen (secondary N) is 4. The number of sulfonamides is 1. The van der Waals surface area contributed by atoms with Crippen molar-refractivity contribution in [1.82, 2.24) is 19.9 Å². The van der Waals surface area contributed by atoms with Crippen LogP contribution in [0.2, 0.25) is 0 Å². The van der Waals surface area contributed by atoms with E-state index in [1.165, 1.54) is 10.6 Å². The van der Waals surface area contributed by atoms with E-state index in [0.717, 1.165) is 39.6 Å². The zero-order chi connectivity index (χ0) is 38.0. The summed E-state index contributed by atoms with van der Waals surface area (Å²) in [5.74, 6) is -1.16. The van der Waals surface area contributed by atoms with E-state index in [0.29, 0.717) is 23.3 Å². The molecule has 1 amide bonds. The number of aliphatic carboxylic acids is 1. The van der Waals surface area contributed by atoms with Crippen LogP contribution in [0.3, 0.4) is 0 Å². The van der Waals surface area contributed by atoms with Crippen LogP contribution in [0.4, 0.5) is 0 Å². The third-order valence-electron chi connectivity index (χ3n) is 9.48. The number of pyridine rings is 1. The van der Waals surface area contributed by atoms with Gasteiger partial charge in [-0.1, -0.05) is 18.2 Å². The van der Waals surface area contributed by atoms with Gasteiger partial charge in [0, 0.05) is 12.7 Å². The van der Waals surface area contributed by atoms with Crippen molar-refractivity contribution in [1.29, 1.82) is 5.41 Å². The summed E-state index contributed by atoms with van der Waals surface area (Å²) < 4.78 is 42.1. The predicted molar refractivity (Wildman–Crippen MR) is 198 cm³/mol. The van der Waals surface area contributed by atoms with Gasteiger partial charge in [0.15, 0.2) is 0 Å². The van der Waals surface area contributed by atoms with Gasteiger partial charge in [0.05, 0.1) is 18.6 Å². The topological polar surface area (TPSA) is 189 Å². The Labute approximate surface area is 302 Å². The first-order chi connectivity index (χ1) is 24.5. The summed E-state index contributed by atoms with van der Waals surface area (Å²) in [5, 5.41) is 25.1. The fourth-order valence-corrected chi connectivity index (χ4v) is 8.04. The number of carbonyl (C=O) groups is 2. The number of hydrogen-bond acceptors (Lipinski definition) is 8. The molecule has 0 saturated carbocycles. The van der Waals surface area contributed by atoms with Crippen LogP contribution < -0.4 is 30.4 Å². The Morgan fingerprint density at radius 3 is 2.48 bits per heavy atom. The van der Waals surface area contributed by atoms with E-state index >= 15 is 0 Å². The van der Waals surface area contributed by atoms with Crippen molar-refractivity contribution in [3.63, 3.8) is 0 Å². The van der Waals surface area contributed by atoms with Crippen molar-refractivity contribution in [3.8, 4) is 11.5 Å². The molecule has 0 spiro atoms. The van der Waals surface area contributed by atoms with Crippen LogP contribution in [0, 0.1) is 26.2 Å². The minimum absolute atomic E-state index is 0.0434. The smallest absolute Gasteiger partial charge is 0.326 e. The van der Waals surface area contributed by atoms with Crippen molar-refractivity contribution in [2.45, 2.75) is 83.4 Å². The first-order valence-corrected chi connectivity index (χ1v) is 18.5. The minimum Gasteiger partial charge on any atom is -0.497 e. The number of carboxylic acid groups (broad SMARTS) is 1. The van der Waals surface area contributed by atoms with Crippen LogP contribution in [0.5, 0.6) is 11.5 Å². The van der Waals surface area contributed by atoms with Gasteiger partial charge in [-0.15, -0.1) is 0 Å². The summed E-state index contributed by atoms with van der Waals surface area (Å²) in [4.78, 5) is 38.5. The molecule has 1 aliphatic rings. The highest BCUT2D eigenvalue weighted by molar-refractivity contribution is 7.90. The number of fused-ring (bicyclic) bond motifs is 2. The molecule has 3 aromatic carbocycles. The van der Waals surface area contributed by atoms with Gasteiger partial charge >= 0.3 is 5.97 Å². The Bertz CT molecular complexity index is 2230. The number of carbonyl (C=O) groups excluding carboxylic acids is 1. The Hall–Kier alpha value is -5.37. The number of nitrogens with zero attached hydrogens (tertiary/aromatic N) is 1. The molecular formula is C38H45N5O8S. The lowest BCUT2D eigenvalue weighted by Crippen LogP contribution is -2.44. The van der Waals surface area contributed by atoms with Crippen LogP contribution >= 0.6 is 0 Å². The summed E-state index contributed by atoms with van der Waals surface area (Å²) in [6.07, 6.45) is 3.08. The molecule has 1 aromatic heterocycles. The Balaban J connectivity index is 1.17. The van der Waals surface area contributed by atoms with Gasteiger partial charge < -0.3 is 29.8 Å². The maximum atomic E-state index is 13.5. The normalized spacial score (nSPS) is 14.1. The monoisotopic (exact) mass is 731 g/mol. The summed E-state index contributed by atoms with van der Waals surface area (Å²) in [6.45, 7) is 9.52. The van der Waals surface area contributed by atoms with Gasteiger partial charge in [-0.3, -0.25) is 15.0 Å². The predicted octanol–water partition coefficient (Wildman–Crippen LogP) is 4.55. The van der Waals surface area contributed by atoms with Gasteiger partial charge in [0.2, 0.25) is 5.96 Å². The Morgan fingerprint density at radius 1 is 1.06 bits per heavy atom.